The van der Waals surface area contributed by atoms with E-state index in [1.54, 1.807) is 35.2 Å². The molecule has 0 fully saturated rings. The van der Waals surface area contributed by atoms with Gasteiger partial charge >= 0.3 is 0 Å². The Bertz CT molecular complexity index is 1210. The van der Waals surface area contributed by atoms with Gasteiger partial charge in [0.1, 0.15) is 17.3 Å². The van der Waals surface area contributed by atoms with Crippen LogP contribution in [0.1, 0.15) is 22.8 Å². The maximum atomic E-state index is 13.9. The second-order valence-electron chi connectivity index (χ2n) is 7.09. The van der Waals surface area contributed by atoms with E-state index in [0.717, 1.165) is 18.2 Å². The largest absolute Gasteiger partial charge is 0.305 e. The Hall–Kier alpha value is -3.26. The van der Waals surface area contributed by atoms with Crippen molar-refractivity contribution in [3.63, 3.8) is 0 Å². The zero-order chi connectivity index (χ0) is 21.5. The quantitative estimate of drug-likeness (QED) is 0.672. The summed E-state index contributed by atoms with van der Waals surface area (Å²) in [6.07, 6.45) is 0.464. The molecule has 1 unspecified atom stereocenters. The molecule has 30 heavy (non-hydrogen) atoms. The summed E-state index contributed by atoms with van der Waals surface area (Å²) in [5.74, 6) is -2.19. The third-order valence-electron chi connectivity index (χ3n) is 5.02. The summed E-state index contributed by atoms with van der Waals surface area (Å²) < 4.78 is 55.1. The molecule has 1 heterocycles. The first-order valence-corrected chi connectivity index (χ1v) is 10.7. The maximum absolute atomic E-state index is 13.9. The minimum atomic E-state index is -4.22. The second-order valence-corrected chi connectivity index (χ2v) is 8.77. The van der Waals surface area contributed by atoms with Gasteiger partial charge < -0.3 is 4.90 Å². The zero-order valence-corrected chi connectivity index (χ0v) is 16.8. The number of fused-ring (bicyclic) bond motifs is 1. The van der Waals surface area contributed by atoms with E-state index in [2.05, 4.69) is 0 Å². The summed E-state index contributed by atoms with van der Waals surface area (Å²) in [4.78, 5) is 14.4. The average Bonchev–Trinajstić information content (AvgIpc) is 3.06. The number of para-hydroxylation sites is 1. The molecular formula is C22H18F2N2O3S. The average molecular weight is 428 g/mol. The number of halogens is 2. The minimum absolute atomic E-state index is 0.134. The van der Waals surface area contributed by atoms with Crippen molar-refractivity contribution in [2.45, 2.75) is 24.3 Å². The molecule has 3 aromatic carbocycles. The summed E-state index contributed by atoms with van der Waals surface area (Å²) in [5.41, 5.74) is 1.09. The number of rotatable bonds is 4. The summed E-state index contributed by atoms with van der Waals surface area (Å²) in [6.45, 7) is 1.88. The standard InChI is InChI=1S/C22H18F2N2O3S/c1-14-12-16-13-17(30(28,29)25-21-18(23)8-5-9-19(21)24)10-11-20(16)26(14)22(27)15-6-3-2-4-7-15/h2-11,13-14,25H,12H2,1H3. The van der Waals surface area contributed by atoms with Gasteiger partial charge in [0.05, 0.1) is 4.90 Å². The number of amides is 1. The number of carbonyl (C=O) groups excluding carboxylic acids is 1. The fraction of sp³-hybridized carbons (Fsp3) is 0.136. The zero-order valence-electron chi connectivity index (χ0n) is 16.0. The molecule has 0 aromatic heterocycles. The van der Waals surface area contributed by atoms with E-state index in [1.807, 2.05) is 17.7 Å². The summed E-state index contributed by atoms with van der Waals surface area (Å²) in [7, 11) is -4.22. The van der Waals surface area contributed by atoms with Crippen LogP contribution in [0.5, 0.6) is 0 Å². The highest BCUT2D eigenvalue weighted by Crippen LogP contribution is 2.35. The van der Waals surface area contributed by atoms with E-state index >= 15 is 0 Å². The van der Waals surface area contributed by atoms with Gasteiger partial charge in [-0.25, -0.2) is 17.2 Å². The molecule has 0 saturated heterocycles. The van der Waals surface area contributed by atoms with Crippen molar-refractivity contribution in [2.75, 3.05) is 9.62 Å². The Balaban J connectivity index is 1.67. The highest BCUT2D eigenvalue weighted by atomic mass is 32.2. The lowest BCUT2D eigenvalue weighted by Crippen LogP contribution is -2.35. The van der Waals surface area contributed by atoms with Crippen molar-refractivity contribution >= 4 is 27.3 Å². The second kappa shape index (κ2) is 7.53. The molecule has 1 amide bonds. The Morgan fingerprint density at radius 3 is 2.33 bits per heavy atom. The molecule has 5 nitrogen and oxygen atoms in total. The number of sulfonamides is 1. The lowest BCUT2D eigenvalue weighted by molar-refractivity contribution is 0.0981. The smallest absolute Gasteiger partial charge is 0.262 e. The summed E-state index contributed by atoms with van der Waals surface area (Å²) >= 11 is 0. The molecule has 3 aromatic rings. The molecule has 8 heteroatoms. The third kappa shape index (κ3) is 3.54. The van der Waals surface area contributed by atoms with E-state index < -0.39 is 27.3 Å². The molecule has 0 radical (unpaired) electrons. The van der Waals surface area contributed by atoms with Crippen LogP contribution in [-0.4, -0.2) is 20.4 Å². The molecule has 4 rings (SSSR count). The van der Waals surface area contributed by atoms with Gasteiger partial charge in [0.2, 0.25) is 0 Å². The van der Waals surface area contributed by atoms with E-state index in [-0.39, 0.29) is 16.8 Å². The van der Waals surface area contributed by atoms with Crippen LogP contribution in [0, 0.1) is 11.6 Å². The van der Waals surface area contributed by atoms with Gasteiger partial charge in [0.15, 0.2) is 0 Å². The predicted molar refractivity (Wildman–Crippen MR) is 110 cm³/mol. The maximum Gasteiger partial charge on any atom is 0.262 e. The Morgan fingerprint density at radius 2 is 1.67 bits per heavy atom. The molecule has 1 atom stereocenters. The number of hydrogen-bond donors (Lipinski definition) is 1. The third-order valence-corrected chi connectivity index (χ3v) is 6.36. The van der Waals surface area contributed by atoms with Crippen molar-refractivity contribution in [1.82, 2.24) is 0 Å². The number of anilines is 2. The monoisotopic (exact) mass is 428 g/mol. The van der Waals surface area contributed by atoms with Gasteiger partial charge in [-0.3, -0.25) is 9.52 Å². The molecule has 0 aliphatic carbocycles. The van der Waals surface area contributed by atoms with Crippen LogP contribution in [-0.2, 0) is 16.4 Å². The molecule has 0 bridgehead atoms. The Labute approximate surface area is 173 Å². The van der Waals surface area contributed by atoms with Gasteiger partial charge in [-0.2, -0.15) is 0 Å². The van der Waals surface area contributed by atoms with Crippen LogP contribution in [0.2, 0.25) is 0 Å². The van der Waals surface area contributed by atoms with E-state index in [4.69, 9.17) is 0 Å². The Morgan fingerprint density at radius 1 is 1.00 bits per heavy atom. The molecular weight excluding hydrogens is 410 g/mol. The van der Waals surface area contributed by atoms with Crippen molar-refractivity contribution in [2.24, 2.45) is 0 Å². The van der Waals surface area contributed by atoms with Crippen LogP contribution in [0.4, 0.5) is 20.2 Å². The first kappa shape index (κ1) is 20.0. The normalized spacial score (nSPS) is 15.7. The van der Waals surface area contributed by atoms with E-state index in [1.165, 1.54) is 12.1 Å². The van der Waals surface area contributed by atoms with Crippen molar-refractivity contribution in [3.8, 4) is 0 Å². The SMILES string of the molecule is CC1Cc2cc(S(=O)(=O)Nc3c(F)cccc3F)ccc2N1C(=O)c1ccccc1. The lowest BCUT2D eigenvalue weighted by atomic mass is 10.1. The Kier molecular flexibility index (Phi) is 5.03. The number of carbonyl (C=O) groups is 1. The van der Waals surface area contributed by atoms with Gasteiger partial charge in [0.25, 0.3) is 15.9 Å². The first-order valence-electron chi connectivity index (χ1n) is 9.26. The fourth-order valence-electron chi connectivity index (χ4n) is 3.59. The number of hydrogen-bond acceptors (Lipinski definition) is 3. The first-order chi connectivity index (χ1) is 14.3. The molecule has 1 N–H and O–H groups in total. The van der Waals surface area contributed by atoms with Crippen LogP contribution >= 0.6 is 0 Å². The van der Waals surface area contributed by atoms with Crippen LogP contribution in [0.3, 0.4) is 0 Å². The van der Waals surface area contributed by atoms with Gasteiger partial charge in [-0.05, 0) is 61.4 Å². The number of nitrogens with one attached hydrogen (secondary N) is 1. The van der Waals surface area contributed by atoms with Crippen LogP contribution < -0.4 is 9.62 Å². The predicted octanol–water partition coefficient (Wildman–Crippen LogP) is 4.36. The highest BCUT2D eigenvalue weighted by molar-refractivity contribution is 7.92. The van der Waals surface area contributed by atoms with Crippen molar-refractivity contribution < 1.29 is 22.0 Å². The molecule has 0 spiro atoms. The molecule has 1 aliphatic heterocycles. The van der Waals surface area contributed by atoms with Gasteiger partial charge in [-0.1, -0.05) is 24.3 Å². The van der Waals surface area contributed by atoms with Crippen LogP contribution in [0.25, 0.3) is 0 Å². The van der Waals surface area contributed by atoms with Crippen molar-refractivity contribution in [3.05, 3.63) is 89.5 Å². The summed E-state index contributed by atoms with van der Waals surface area (Å²) in [5, 5.41) is 0. The fourth-order valence-corrected chi connectivity index (χ4v) is 4.72. The van der Waals surface area contributed by atoms with Gasteiger partial charge in [0, 0.05) is 17.3 Å². The van der Waals surface area contributed by atoms with E-state index in [9.17, 15) is 22.0 Å². The lowest BCUT2D eigenvalue weighted by Gasteiger charge is -2.23. The number of nitrogens with zero attached hydrogens (tertiary/aromatic N) is 1. The van der Waals surface area contributed by atoms with Gasteiger partial charge in [-0.15, -0.1) is 0 Å². The molecule has 0 saturated carbocycles. The van der Waals surface area contributed by atoms with Crippen LogP contribution in [0.15, 0.2) is 71.6 Å². The minimum Gasteiger partial charge on any atom is -0.305 e. The van der Waals surface area contributed by atoms with Crippen molar-refractivity contribution in [1.29, 1.82) is 0 Å². The topological polar surface area (TPSA) is 66.5 Å². The summed E-state index contributed by atoms with van der Waals surface area (Å²) in [6, 6.07) is 16.0. The number of benzene rings is 3. The molecule has 1 aliphatic rings. The van der Waals surface area contributed by atoms with E-state index in [0.29, 0.717) is 23.2 Å². The highest BCUT2D eigenvalue weighted by Gasteiger charge is 2.32. The molecule has 154 valence electrons.